The molecule has 2 aliphatic heterocycles. The molecule has 3 aromatic heterocycles. The van der Waals surface area contributed by atoms with Crippen molar-refractivity contribution in [3.8, 4) is 11.4 Å². The van der Waals surface area contributed by atoms with Crippen LogP contribution in [0.3, 0.4) is 0 Å². The van der Waals surface area contributed by atoms with Crippen LogP contribution in [0.2, 0.25) is 0 Å². The molecule has 10 heteroatoms. The number of nitrogens with zero attached hydrogens (tertiary/aromatic N) is 5. The molecular formula is C35H43FN6O3. The molecule has 2 N–H and O–H groups in total. The van der Waals surface area contributed by atoms with E-state index in [0.717, 1.165) is 54.9 Å². The van der Waals surface area contributed by atoms with Gasteiger partial charge in [-0.2, -0.15) is 5.10 Å². The summed E-state index contributed by atoms with van der Waals surface area (Å²) in [5.41, 5.74) is 13.1. The third-order valence-corrected chi connectivity index (χ3v) is 10.1. The minimum atomic E-state index is -1.10. The largest absolute Gasteiger partial charge is 0.372 e. The highest BCUT2D eigenvalue weighted by atomic mass is 19.1. The number of alkyl halides is 1. The van der Waals surface area contributed by atoms with Gasteiger partial charge in [0.1, 0.15) is 18.0 Å². The Bertz CT molecular complexity index is 1740. The van der Waals surface area contributed by atoms with Crippen LogP contribution in [0.4, 0.5) is 4.39 Å². The molecule has 7 rings (SSSR count). The van der Waals surface area contributed by atoms with Crippen molar-refractivity contribution in [1.29, 1.82) is 0 Å². The SMILES string of the molecule is CO[C@@H](C)C(=O)N1CCC(c2cccc3cc(-c4nn5cc(C(=O)N6C[C@H](N)C[C@@H](F)C6)ccc5c4C)n(CC4CC4)c23)CC1. The number of halogens is 1. The van der Waals surface area contributed by atoms with Gasteiger partial charge in [-0.15, -0.1) is 0 Å². The molecule has 3 atom stereocenters. The van der Waals surface area contributed by atoms with Gasteiger partial charge >= 0.3 is 0 Å². The molecule has 45 heavy (non-hydrogen) atoms. The second kappa shape index (κ2) is 11.9. The number of likely N-dealkylation sites (tertiary alicyclic amines) is 2. The van der Waals surface area contributed by atoms with Crippen molar-refractivity contribution in [3.05, 3.63) is 59.3 Å². The number of piperidine rings is 2. The van der Waals surface area contributed by atoms with E-state index in [1.165, 1.54) is 34.2 Å². The molecule has 1 aliphatic carbocycles. The van der Waals surface area contributed by atoms with E-state index < -0.39 is 12.3 Å². The number of methoxy groups -OCH3 is 1. The minimum absolute atomic E-state index is 0.0619. The number of pyridine rings is 1. The maximum atomic E-state index is 14.2. The molecule has 3 fully saturated rings. The first-order valence-electron chi connectivity index (χ1n) is 16.3. The second-order valence-corrected chi connectivity index (χ2v) is 13.4. The molecule has 3 aliphatic rings. The molecule has 5 heterocycles. The standard InChI is InChI=1S/C35H43FN6O3/c1-21-30-10-9-26(35(44)40-19-27(36)16-28(37)20-40)18-42(30)38-32(21)31-15-25-5-4-6-29(33(25)41(31)17-23-7-8-23)24-11-13-39(14-12-24)34(43)22(2)45-3/h4-6,9-10,15,18,22-24,27-28H,7-8,11-14,16-17,19-20,37H2,1-3H3/t22-,27+,28+/m0/s1. The zero-order chi connectivity index (χ0) is 31.4. The first-order chi connectivity index (χ1) is 21.7. The van der Waals surface area contributed by atoms with Crippen LogP contribution in [-0.4, -0.2) is 87.4 Å². The van der Waals surface area contributed by atoms with Crippen molar-refractivity contribution in [2.45, 2.75) is 76.7 Å². The average molecular weight is 615 g/mol. The summed E-state index contributed by atoms with van der Waals surface area (Å²) in [4.78, 5) is 29.5. The summed E-state index contributed by atoms with van der Waals surface area (Å²) in [5, 5.41) is 6.25. The van der Waals surface area contributed by atoms with Crippen molar-refractivity contribution in [3.63, 3.8) is 0 Å². The van der Waals surface area contributed by atoms with E-state index in [-0.39, 0.29) is 30.8 Å². The van der Waals surface area contributed by atoms with E-state index in [9.17, 15) is 14.0 Å². The van der Waals surface area contributed by atoms with Crippen LogP contribution in [-0.2, 0) is 16.1 Å². The quantitative estimate of drug-likeness (QED) is 0.319. The van der Waals surface area contributed by atoms with E-state index in [1.54, 1.807) is 17.8 Å². The zero-order valence-electron chi connectivity index (χ0n) is 26.4. The highest BCUT2D eigenvalue weighted by Gasteiger charge is 2.32. The van der Waals surface area contributed by atoms with Crippen LogP contribution in [0, 0.1) is 12.8 Å². The van der Waals surface area contributed by atoms with Crippen LogP contribution in [0.15, 0.2) is 42.6 Å². The van der Waals surface area contributed by atoms with Gasteiger partial charge in [0.25, 0.3) is 11.8 Å². The maximum Gasteiger partial charge on any atom is 0.255 e. The molecule has 0 spiro atoms. The molecule has 238 valence electrons. The number of para-hydroxylation sites is 1. The average Bonchev–Trinajstić information content (AvgIpc) is 3.71. The number of aryl methyl sites for hydroxylation is 1. The van der Waals surface area contributed by atoms with Crippen molar-refractivity contribution < 1.29 is 18.7 Å². The number of hydrogen-bond donors (Lipinski definition) is 1. The van der Waals surface area contributed by atoms with Crippen LogP contribution >= 0.6 is 0 Å². The molecule has 0 radical (unpaired) electrons. The van der Waals surface area contributed by atoms with Gasteiger partial charge in [0, 0.05) is 56.5 Å². The smallest absolute Gasteiger partial charge is 0.255 e. The number of carbonyl (C=O) groups is 2. The predicted molar refractivity (Wildman–Crippen MR) is 172 cm³/mol. The Labute approximate surface area is 263 Å². The maximum absolute atomic E-state index is 14.2. The third kappa shape index (κ3) is 5.63. The van der Waals surface area contributed by atoms with Gasteiger partial charge in [-0.05, 0) is 81.5 Å². The zero-order valence-corrected chi connectivity index (χ0v) is 26.4. The lowest BCUT2D eigenvalue weighted by Gasteiger charge is -2.34. The van der Waals surface area contributed by atoms with Gasteiger partial charge in [-0.3, -0.25) is 9.59 Å². The van der Waals surface area contributed by atoms with Gasteiger partial charge in [0.15, 0.2) is 0 Å². The van der Waals surface area contributed by atoms with Gasteiger partial charge < -0.3 is 24.8 Å². The molecule has 0 unspecified atom stereocenters. The van der Waals surface area contributed by atoms with Crippen molar-refractivity contribution >= 4 is 28.2 Å². The monoisotopic (exact) mass is 614 g/mol. The number of ether oxygens (including phenoxy) is 1. The van der Waals surface area contributed by atoms with E-state index in [2.05, 4.69) is 35.8 Å². The molecular weight excluding hydrogens is 571 g/mol. The van der Waals surface area contributed by atoms with Crippen molar-refractivity contribution in [2.24, 2.45) is 11.7 Å². The number of carbonyl (C=O) groups excluding carboxylic acids is 2. The summed E-state index contributed by atoms with van der Waals surface area (Å²) in [6.07, 6.45) is 4.82. The topological polar surface area (TPSA) is 98.1 Å². The fourth-order valence-corrected chi connectivity index (χ4v) is 7.36. The lowest BCUT2D eigenvalue weighted by molar-refractivity contribution is -0.142. The van der Waals surface area contributed by atoms with Crippen molar-refractivity contribution in [1.82, 2.24) is 24.0 Å². The molecule has 1 aromatic carbocycles. The summed E-state index contributed by atoms with van der Waals surface area (Å²) in [6.45, 7) is 6.72. The number of rotatable bonds is 7. The number of amides is 2. The van der Waals surface area contributed by atoms with Gasteiger partial charge in [-0.1, -0.05) is 18.2 Å². The Morgan fingerprint density at radius 2 is 1.87 bits per heavy atom. The fraction of sp³-hybridized carbons (Fsp3) is 0.514. The minimum Gasteiger partial charge on any atom is -0.372 e. The Morgan fingerprint density at radius 3 is 2.58 bits per heavy atom. The predicted octanol–water partition coefficient (Wildman–Crippen LogP) is 4.93. The summed E-state index contributed by atoms with van der Waals surface area (Å²) in [5.74, 6) is 0.853. The molecule has 2 amide bonds. The second-order valence-electron chi connectivity index (χ2n) is 13.4. The van der Waals surface area contributed by atoms with Crippen molar-refractivity contribution in [2.75, 3.05) is 33.3 Å². The van der Waals surface area contributed by atoms with E-state index >= 15 is 0 Å². The number of nitrogens with two attached hydrogens (primary N) is 1. The number of aromatic nitrogens is 3. The molecule has 1 saturated carbocycles. The number of hydrogen-bond acceptors (Lipinski definition) is 5. The van der Waals surface area contributed by atoms with Crippen LogP contribution < -0.4 is 5.73 Å². The summed E-state index contributed by atoms with van der Waals surface area (Å²) < 4.78 is 23.8. The first-order valence-corrected chi connectivity index (χ1v) is 16.3. The highest BCUT2D eigenvalue weighted by Crippen LogP contribution is 2.41. The van der Waals surface area contributed by atoms with Gasteiger partial charge in [0.05, 0.1) is 28.8 Å². The number of fused-ring (bicyclic) bond motifs is 2. The molecule has 4 aromatic rings. The Balaban J connectivity index is 1.23. The van der Waals surface area contributed by atoms with Crippen LogP contribution in [0.1, 0.15) is 66.4 Å². The molecule has 0 bridgehead atoms. The Morgan fingerprint density at radius 1 is 1.09 bits per heavy atom. The Hall–Kier alpha value is -3.76. The molecule has 9 nitrogen and oxygen atoms in total. The lowest BCUT2D eigenvalue weighted by atomic mass is 9.88. The fourth-order valence-electron chi connectivity index (χ4n) is 7.36. The molecule has 2 saturated heterocycles. The van der Waals surface area contributed by atoms with Crippen LogP contribution in [0.25, 0.3) is 27.8 Å². The summed E-state index contributed by atoms with van der Waals surface area (Å²) >= 11 is 0. The summed E-state index contributed by atoms with van der Waals surface area (Å²) in [6, 6.07) is 12.3. The highest BCUT2D eigenvalue weighted by molar-refractivity contribution is 5.95. The van der Waals surface area contributed by atoms with E-state index in [4.69, 9.17) is 15.6 Å². The van der Waals surface area contributed by atoms with E-state index in [1.807, 2.05) is 24.0 Å². The summed E-state index contributed by atoms with van der Waals surface area (Å²) in [7, 11) is 1.58. The van der Waals surface area contributed by atoms with Crippen LogP contribution in [0.5, 0.6) is 0 Å². The van der Waals surface area contributed by atoms with Gasteiger partial charge in [-0.25, -0.2) is 8.91 Å². The first kappa shape index (κ1) is 29.9. The third-order valence-electron chi connectivity index (χ3n) is 10.1. The van der Waals surface area contributed by atoms with Gasteiger partial charge in [0.2, 0.25) is 0 Å². The number of benzene rings is 1. The van der Waals surface area contributed by atoms with E-state index in [0.29, 0.717) is 23.9 Å². The normalized spacial score (nSPS) is 22.0. The Kier molecular flexibility index (Phi) is 7.90. The lowest BCUT2D eigenvalue weighted by Crippen LogP contribution is -2.50.